The zero-order valence-corrected chi connectivity index (χ0v) is 13.5. The monoisotopic (exact) mass is 317 g/mol. The molecule has 0 unspecified atom stereocenters. The highest BCUT2D eigenvalue weighted by Gasteiger charge is 2.17. The Hall–Kier alpha value is -2.25. The van der Waals surface area contributed by atoms with E-state index in [2.05, 4.69) is 15.6 Å². The number of amides is 1. The molecule has 7 nitrogen and oxygen atoms in total. The molecule has 5 N–H and O–H groups in total. The van der Waals surface area contributed by atoms with Gasteiger partial charge in [0.15, 0.2) is 0 Å². The third kappa shape index (κ3) is 4.37. The number of ether oxygens (including phenoxy) is 1. The highest BCUT2D eigenvalue weighted by atomic mass is 16.5. The maximum atomic E-state index is 12.1. The molecule has 1 aliphatic rings. The molecule has 0 aliphatic carbocycles. The molecule has 2 rings (SSSR count). The standard InChI is InChI=1S/C16H23N5O2/c1-3-12(17)10(2)15(18)16(22)21-11-4-5-13(20-8-11)14-9-19-6-7-23-14/h4-5,8,14,18-19H,3,6-7,9,17H2,1-2H3,(H,21,22)/t14-/m0/s1. The van der Waals surface area contributed by atoms with E-state index in [9.17, 15) is 4.79 Å². The summed E-state index contributed by atoms with van der Waals surface area (Å²) in [5.41, 5.74) is 8.04. The molecular weight excluding hydrogens is 294 g/mol. The minimum absolute atomic E-state index is 0.0682. The van der Waals surface area contributed by atoms with Crippen molar-refractivity contribution in [2.45, 2.75) is 26.4 Å². The van der Waals surface area contributed by atoms with Crippen molar-refractivity contribution in [3.63, 3.8) is 0 Å². The van der Waals surface area contributed by atoms with Gasteiger partial charge < -0.3 is 21.1 Å². The molecule has 1 atom stereocenters. The van der Waals surface area contributed by atoms with E-state index in [-0.39, 0.29) is 11.8 Å². The van der Waals surface area contributed by atoms with E-state index >= 15 is 0 Å². The van der Waals surface area contributed by atoms with Gasteiger partial charge in [0.25, 0.3) is 5.91 Å². The molecule has 23 heavy (non-hydrogen) atoms. The average molecular weight is 317 g/mol. The zero-order chi connectivity index (χ0) is 16.8. The van der Waals surface area contributed by atoms with Crippen LogP contribution in [0.2, 0.25) is 0 Å². The number of anilines is 1. The van der Waals surface area contributed by atoms with Crippen LogP contribution >= 0.6 is 0 Å². The molecule has 1 aromatic heterocycles. The molecule has 1 amide bonds. The predicted octanol–water partition coefficient (Wildman–Crippen LogP) is 1.34. The van der Waals surface area contributed by atoms with Crippen LogP contribution in [0.25, 0.3) is 0 Å². The third-order valence-electron chi connectivity index (χ3n) is 3.77. The van der Waals surface area contributed by atoms with Gasteiger partial charge in [0.05, 0.1) is 24.2 Å². The average Bonchev–Trinajstić information content (AvgIpc) is 2.61. The molecule has 1 fully saturated rings. The van der Waals surface area contributed by atoms with E-state index in [1.54, 1.807) is 19.2 Å². The summed E-state index contributed by atoms with van der Waals surface area (Å²) < 4.78 is 5.63. The van der Waals surface area contributed by atoms with Gasteiger partial charge in [-0.05, 0) is 31.1 Å². The number of pyridine rings is 1. The van der Waals surface area contributed by atoms with Gasteiger partial charge in [-0.3, -0.25) is 15.2 Å². The number of carbonyl (C=O) groups excluding carboxylic acids is 1. The summed E-state index contributed by atoms with van der Waals surface area (Å²) in [6.45, 7) is 5.79. The Balaban J connectivity index is 2.00. The van der Waals surface area contributed by atoms with Crippen molar-refractivity contribution in [2.75, 3.05) is 25.0 Å². The lowest BCUT2D eigenvalue weighted by Crippen LogP contribution is -2.33. The lowest BCUT2D eigenvalue weighted by atomic mass is 10.1. The molecule has 1 aromatic rings. The largest absolute Gasteiger partial charge is 0.402 e. The maximum Gasteiger partial charge on any atom is 0.273 e. The van der Waals surface area contributed by atoms with Crippen LogP contribution in [0.5, 0.6) is 0 Å². The zero-order valence-electron chi connectivity index (χ0n) is 13.5. The number of hydrogen-bond acceptors (Lipinski definition) is 6. The van der Waals surface area contributed by atoms with E-state index in [1.165, 1.54) is 0 Å². The summed E-state index contributed by atoms with van der Waals surface area (Å²) in [7, 11) is 0. The summed E-state index contributed by atoms with van der Waals surface area (Å²) in [5, 5.41) is 13.8. The molecule has 0 bridgehead atoms. The van der Waals surface area contributed by atoms with E-state index in [1.807, 2.05) is 13.0 Å². The molecule has 7 heteroatoms. The third-order valence-corrected chi connectivity index (χ3v) is 3.77. The van der Waals surface area contributed by atoms with Gasteiger partial charge in [0.1, 0.15) is 11.8 Å². The van der Waals surface area contributed by atoms with Gasteiger partial charge in [0, 0.05) is 18.8 Å². The van der Waals surface area contributed by atoms with Crippen molar-refractivity contribution in [3.05, 3.63) is 35.3 Å². The molecule has 1 aliphatic heterocycles. The summed E-state index contributed by atoms with van der Waals surface area (Å²) >= 11 is 0. The fourth-order valence-electron chi connectivity index (χ4n) is 2.21. The molecule has 1 saturated heterocycles. The Morgan fingerprint density at radius 3 is 2.91 bits per heavy atom. The lowest BCUT2D eigenvalue weighted by Gasteiger charge is -2.23. The van der Waals surface area contributed by atoms with Crippen molar-refractivity contribution in [1.82, 2.24) is 10.3 Å². The smallest absolute Gasteiger partial charge is 0.273 e. The number of nitrogens with two attached hydrogens (primary N) is 1. The summed E-state index contributed by atoms with van der Waals surface area (Å²) in [4.78, 5) is 16.4. The van der Waals surface area contributed by atoms with Crippen molar-refractivity contribution < 1.29 is 9.53 Å². The fraction of sp³-hybridized carbons (Fsp3) is 0.438. The maximum absolute atomic E-state index is 12.1. The lowest BCUT2D eigenvalue weighted by molar-refractivity contribution is -0.110. The van der Waals surface area contributed by atoms with Gasteiger partial charge in [-0.25, -0.2) is 0 Å². The Kier molecular flexibility index (Phi) is 5.84. The molecule has 2 heterocycles. The van der Waals surface area contributed by atoms with Crippen molar-refractivity contribution in [3.8, 4) is 0 Å². The molecule has 0 spiro atoms. The minimum Gasteiger partial charge on any atom is -0.402 e. The van der Waals surface area contributed by atoms with Crippen LogP contribution in [0, 0.1) is 5.41 Å². The van der Waals surface area contributed by atoms with E-state index < -0.39 is 5.91 Å². The first-order valence-corrected chi connectivity index (χ1v) is 7.66. The van der Waals surface area contributed by atoms with E-state index in [0.29, 0.717) is 30.0 Å². The summed E-state index contributed by atoms with van der Waals surface area (Å²) in [6.07, 6.45) is 2.11. The molecule has 0 radical (unpaired) electrons. The van der Waals surface area contributed by atoms with Crippen LogP contribution in [-0.4, -0.2) is 36.3 Å². The predicted molar refractivity (Wildman–Crippen MR) is 89.3 cm³/mol. The van der Waals surface area contributed by atoms with Gasteiger partial charge in [0.2, 0.25) is 0 Å². The molecular formula is C16H23N5O2. The van der Waals surface area contributed by atoms with Crippen molar-refractivity contribution >= 4 is 17.3 Å². The van der Waals surface area contributed by atoms with Gasteiger partial charge in [-0.1, -0.05) is 6.92 Å². The topological polar surface area (TPSA) is 113 Å². The van der Waals surface area contributed by atoms with Gasteiger partial charge >= 0.3 is 0 Å². The second-order valence-corrected chi connectivity index (χ2v) is 5.37. The number of rotatable bonds is 5. The molecule has 0 saturated carbocycles. The van der Waals surface area contributed by atoms with Gasteiger partial charge in [-0.2, -0.15) is 0 Å². The number of aromatic nitrogens is 1. The first-order chi connectivity index (χ1) is 11.0. The number of hydrogen-bond donors (Lipinski definition) is 4. The van der Waals surface area contributed by atoms with Crippen LogP contribution in [0.4, 0.5) is 5.69 Å². The van der Waals surface area contributed by atoms with Gasteiger partial charge in [-0.15, -0.1) is 0 Å². The van der Waals surface area contributed by atoms with Crippen LogP contribution in [0.15, 0.2) is 29.6 Å². The molecule has 0 aromatic carbocycles. The van der Waals surface area contributed by atoms with Crippen molar-refractivity contribution in [1.29, 1.82) is 5.41 Å². The van der Waals surface area contributed by atoms with Crippen molar-refractivity contribution in [2.24, 2.45) is 5.73 Å². The first kappa shape index (κ1) is 17.1. The SMILES string of the molecule is CCC(N)=C(C)C(=N)C(=O)Nc1ccc([C@@H]2CNCCO2)nc1. The Morgan fingerprint density at radius 2 is 2.35 bits per heavy atom. The molecule has 124 valence electrons. The minimum atomic E-state index is -0.496. The highest BCUT2D eigenvalue weighted by Crippen LogP contribution is 2.18. The normalized spacial score (nSPS) is 19.0. The number of carbonyl (C=O) groups is 1. The van der Waals surface area contributed by atoms with E-state index in [0.717, 1.165) is 18.8 Å². The van der Waals surface area contributed by atoms with Crippen LogP contribution in [-0.2, 0) is 9.53 Å². The highest BCUT2D eigenvalue weighted by molar-refractivity contribution is 6.47. The number of morpholine rings is 1. The van der Waals surface area contributed by atoms with Crippen LogP contribution in [0.3, 0.4) is 0 Å². The Morgan fingerprint density at radius 1 is 1.57 bits per heavy atom. The Bertz CT molecular complexity index is 603. The second-order valence-electron chi connectivity index (χ2n) is 5.37. The summed E-state index contributed by atoms with van der Waals surface area (Å²) in [6, 6.07) is 3.58. The van der Waals surface area contributed by atoms with Crippen LogP contribution in [0.1, 0.15) is 32.1 Å². The Labute approximate surface area is 135 Å². The van der Waals surface area contributed by atoms with Crippen LogP contribution < -0.4 is 16.4 Å². The first-order valence-electron chi connectivity index (χ1n) is 7.66. The number of allylic oxidation sites excluding steroid dienone is 1. The number of nitrogens with zero attached hydrogens (tertiary/aromatic N) is 1. The second kappa shape index (κ2) is 7.85. The number of nitrogens with one attached hydrogen (secondary N) is 3. The fourth-order valence-corrected chi connectivity index (χ4v) is 2.21. The summed E-state index contributed by atoms with van der Waals surface area (Å²) in [5.74, 6) is -0.496. The van der Waals surface area contributed by atoms with E-state index in [4.69, 9.17) is 15.9 Å². The quantitative estimate of drug-likeness (QED) is 0.612.